The Morgan fingerprint density at radius 3 is 2.54 bits per heavy atom. The van der Waals surface area contributed by atoms with Crippen molar-refractivity contribution in [3.63, 3.8) is 0 Å². The van der Waals surface area contributed by atoms with E-state index in [1.54, 1.807) is 19.2 Å². The second kappa shape index (κ2) is 9.38. The van der Waals surface area contributed by atoms with Crippen LogP contribution in [0.3, 0.4) is 0 Å². The molecule has 0 saturated heterocycles. The second-order valence-corrected chi connectivity index (χ2v) is 9.46. The first kappa shape index (κ1) is 22.9. The lowest BCUT2D eigenvalue weighted by molar-refractivity contribution is 0.0994. The Labute approximate surface area is 206 Å². The fraction of sp³-hybridized carbons (Fsp3) is 0.185. The molecule has 0 aliphatic carbocycles. The monoisotopic (exact) mass is 484 g/mol. The molecule has 176 valence electrons. The lowest BCUT2D eigenvalue weighted by atomic mass is 10.1. The topological polar surface area (TPSA) is 78.5 Å². The normalized spacial score (nSPS) is 12.2. The summed E-state index contributed by atoms with van der Waals surface area (Å²) in [5, 5.41) is 9.43. The molecule has 0 aliphatic rings. The van der Waals surface area contributed by atoms with Gasteiger partial charge in [-0.1, -0.05) is 61.2 Å². The fourth-order valence-corrected chi connectivity index (χ4v) is 5.02. The molecule has 2 heterocycles. The van der Waals surface area contributed by atoms with Gasteiger partial charge < -0.3 is 4.74 Å². The van der Waals surface area contributed by atoms with Gasteiger partial charge in [-0.15, -0.1) is 10.2 Å². The third-order valence-electron chi connectivity index (χ3n) is 6.00. The van der Waals surface area contributed by atoms with E-state index in [2.05, 4.69) is 17.1 Å². The molecule has 35 heavy (non-hydrogen) atoms. The molecule has 0 radical (unpaired) electrons. The van der Waals surface area contributed by atoms with Crippen LogP contribution in [0.5, 0.6) is 5.75 Å². The number of hydrogen-bond donors (Lipinski definition) is 0. The average molecular weight is 485 g/mol. The molecule has 0 aliphatic heterocycles. The molecule has 5 aromatic rings. The predicted octanol–water partition coefficient (Wildman–Crippen LogP) is 4.97. The number of Topliss-reactive ketones (excluding diaryl/α,β-unsaturated/α-hetero) is 1. The highest BCUT2D eigenvalue weighted by Gasteiger charge is 2.23. The molecule has 8 heteroatoms. The quantitative estimate of drug-likeness (QED) is 0.240. The van der Waals surface area contributed by atoms with Crippen LogP contribution in [-0.2, 0) is 6.42 Å². The van der Waals surface area contributed by atoms with Gasteiger partial charge in [-0.25, -0.2) is 4.57 Å². The Hall–Kier alpha value is -3.91. The summed E-state index contributed by atoms with van der Waals surface area (Å²) in [5.74, 6) is 1.01. The highest BCUT2D eigenvalue weighted by atomic mass is 32.2. The van der Waals surface area contributed by atoms with Gasteiger partial charge in [0.25, 0.3) is 5.56 Å². The molecule has 0 spiro atoms. The number of fused-ring (bicyclic) bond motifs is 3. The highest BCUT2D eigenvalue weighted by Crippen LogP contribution is 2.28. The van der Waals surface area contributed by atoms with Gasteiger partial charge in [0, 0.05) is 11.6 Å². The number of ketones is 1. The van der Waals surface area contributed by atoms with E-state index < -0.39 is 5.25 Å². The van der Waals surface area contributed by atoms with E-state index >= 15 is 0 Å². The smallest absolute Gasteiger partial charge is 0.267 e. The summed E-state index contributed by atoms with van der Waals surface area (Å²) >= 11 is 1.32. The van der Waals surface area contributed by atoms with E-state index in [1.165, 1.54) is 21.9 Å². The lowest BCUT2D eigenvalue weighted by Gasteiger charge is -2.13. The first-order valence-corrected chi connectivity index (χ1v) is 12.2. The van der Waals surface area contributed by atoms with E-state index in [0.717, 1.165) is 6.42 Å². The van der Waals surface area contributed by atoms with Gasteiger partial charge in [0.05, 0.1) is 29.0 Å². The standard InChI is InChI=1S/C27H24N4O3S/c1-4-18-12-14-19(15-13-18)24(32)17(2)35-27-29-28-26-30(20-8-7-9-21(16-20)34-3)25(33)22-10-5-6-11-23(22)31(26)27/h5-17H,4H2,1-3H3. The number of methoxy groups -OCH3 is 1. The van der Waals surface area contributed by atoms with Crippen LogP contribution < -0.4 is 10.3 Å². The average Bonchev–Trinajstić information content (AvgIpc) is 3.31. The lowest BCUT2D eigenvalue weighted by Crippen LogP contribution is -2.22. The van der Waals surface area contributed by atoms with Crippen LogP contribution >= 0.6 is 11.8 Å². The van der Waals surface area contributed by atoms with Gasteiger partial charge in [0.1, 0.15) is 5.75 Å². The Kier molecular flexibility index (Phi) is 6.13. The molecule has 0 amide bonds. The van der Waals surface area contributed by atoms with Crippen LogP contribution in [0.4, 0.5) is 0 Å². The molecular formula is C27H24N4O3S. The van der Waals surface area contributed by atoms with Crippen LogP contribution in [0.1, 0.15) is 29.8 Å². The van der Waals surface area contributed by atoms with Crippen molar-refractivity contribution in [2.24, 2.45) is 0 Å². The number of carbonyl (C=O) groups excluding carboxylic acids is 1. The summed E-state index contributed by atoms with van der Waals surface area (Å²) in [6.45, 7) is 3.95. The molecule has 0 bridgehead atoms. The Bertz CT molecular complexity index is 1610. The minimum atomic E-state index is -0.397. The Morgan fingerprint density at radius 1 is 1.03 bits per heavy atom. The number of benzene rings is 3. The zero-order chi connectivity index (χ0) is 24.5. The third-order valence-corrected chi connectivity index (χ3v) is 7.05. The molecule has 1 unspecified atom stereocenters. The van der Waals surface area contributed by atoms with E-state index in [-0.39, 0.29) is 11.3 Å². The van der Waals surface area contributed by atoms with Crippen molar-refractivity contribution in [2.75, 3.05) is 7.11 Å². The van der Waals surface area contributed by atoms with Gasteiger partial charge >= 0.3 is 0 Å². The maximum absolute atomic E-state index is 13.5. The van der Waals surface area contributed by atoms with Crippen LogP contribution in [-0.4, -0.2) is 37.3 Å². The summed E-state index contributed by atoms with van der Waals surface area (Å²) in [6, 6.07) is 22.3. The number of carbonyl (C=O) groups is 1. The summed E-state index contributed by atoms with van der Waals surface area (Å²) in [5.41, 5.74) is 2.95. The minimum absolute atomic E-state index is 0.0137. The molecule has 0 saturated carbocycles. The zero-order valence-electron chi connectivity index (χ0n) is 19.6. The van der Waals surface area contributed by atoms with Gasteiger partial charge in [-0.3, -0.25) is 14.0 Å². The molecule has 7 nitrogen and oxygen atoms in total. The number of thioether (sulfide) groups is 1. The van der Waals surface area contributed by atoms with Crippen LogP contribution in [0.2, 0.25) is 0 Å². The van der Waals surface area contributed by atoms with Crippen LogP contribution in [0.15, 0.2) is 82.7 Å². The summed E-state index contributed by atoms with van der Waals surface area (Å²) in [4.78, 5) is 26.6. The van der Waals surface area contributed by atoms with E-state index in [4.69, 9.17) is 4.74 Å². The van der Waals surface area contributed by atoms with Crippen molar-refractivity contribution >= 4 is 34.2 Å². The van der Waals surface area contributed by atoms with Gasteiger partial charge in [-0.2, -0.15) is 0 Å². The summed E-state index contributed by atoms with van der Waals surface area (Å²) in [6.07, 6.45) is 0.923. The van der Waals surface area contributed by atoms with Crippen molar-refractivity contribution in [2.45, 2.75) is 30.7 Å². The number of hydrogen-bond acceptors (Lipinski definition) is 6. The third kappa shape index (κ3) is 4.10. The SMILES string of the molecule is CCc1ccc(C(=O)C(C)Sc2nnc3n(-c4cccc(OC)c4)c(=O)c4ccccc4n23)cc1. The van der Waals surface area contributed by atoms with Crippen molar-refractivity contribution in [1.82, 2.24) is 19.2 Å². The Morgan fingerprint density at radius 2 is 1.80 bits per heavy atom. The van der Waals surface area contributed by atoms with Crippen LogP contribution in [0.25, 0.3) is 22.4 Å². The van der Waals surface area contributed by atoms with Crippen molar-refractivity contribution < 1.29 is 9.53 Å². The molecule has 1 atom stereocenters. The molecule has 3 aromatic carbocycles. The van der Waals surface area contributed by atoms with Crippen molar-refractivity contribution in [3.05, 3.63) is 94.3 Å². The predicted molar refractivity (Wildman–Crippen MR) is 138 cm³/mol. The van der Waals surface area contributed by atoms with Crippen LogP contribution in [0, 0.1) is 0 Å². The highest BCUT2D eigenvalue weighted by molar-refractivity contribution is 8.00. The number of rotatable bonds is 7. The molecule has 0 fully saturated rings. The molecule has 0 N–H and O–H groups in total. The number of para-hydroxylation sites is 1. The number of ether oxygens (including phenoxy) is 1. The summed E-state index contributed by atoms with van der Waals surface area (Å²) < 4.78 is 8.72. The maximum Gasteiger partial charge on any atom is 0.267 e. The first-order valence-electron chi connectivity index (χ1n) is 11.3. The van der Waals surface area contributed by atoms with E-state index in [9.17, 15) is 9.59 Å². The Balaban J connectivity index is 1.63. The number of aryl methyl sites for hydroxylation is 1. The maximum atomic E-state index is 13.5. The fourth-order valence-electron chi connectivity index (χ4n) is 4.09. The first-order chi connectivity index (χ1) is 17.0. The number of aromatic nitrogens is 4. The van der Waals surface area contributed by atoms with E-state index in [0.29, 0.717) is 38.8 Å². The number of nitrogens with zero attached hydrogens (tertiary/aromatic N) is 4. The van der Waals surface area contributed by atoms with Crippen molar-refractivity contribution in [3.8, 4) is 11.4 Å². The molecular weight excluding hydrogens is 460 g/mol. The molecule has 5 rings (SSSR count). The van der Waals surface area contributed by atoms with Gasteiger partial charge in [0.15, 0.2) is 10.9 Å². The molecule has 2 aromatic heterocycles. The zero-order valence-corrected chi connectivity index (χ0v) is 20.5. The summed E-state index contributed by atoms with van der Waals surface area (Å²) in [7, 11) is 1.58. The van der Waals surface area contributed by atoms with Gasteiger partial charge in [0.2, 0.25) is 5.78 Å². The minimum Gasteiger partial charge on any atom is -0.497 e. The van der Waals surface area contributed by atoms with Crippen molar-refractivity contribution in [1.29, 1.82) is 0 Å². The van der Waals surface area contributed by atoms with Gasteiger partial charge in [-0.05, 0) is 43.2 Å². The van der Waals surface area contributed by atoms with E-state index in [1.807, 2.05) is 72.0 Å². The second-order valence-electron chi connectivity index (χ2n) is 8.15. The largest absolute Gasteiger partial charge is 0.497 e.